The fraction of sp³-hybridized carbons (Fsp3) is 0.125. The Kier molecular flexibility index (Phi) is 4.02. The predicted molar refractivity (Wildman–Crippen MR) is 76.6 cm³/mol. The first-order valence-corrected chi connectivity index (χ1v) is 6.17. The lowest BCUT2D eigenvalue weighted by atomic mass is 10.1. The number of nitrogens with one attached hydrogen (secondary N) is 1. The van der Waals surface area contributed by atoms with Crippen molar-refractivity contribution < 1.29 is 9.90 Å². The predicted octanol–water partition coefficient (Wildman–Crippen LogP) is 3.08. The van der Waals surface area contributed by atoms with Crippen molar-refractivity contribution in [2.24, 2.45) is 0 Å². The second-order valence-electron chi connectivity index (χ2n) is 4.45. The van der Waals surface area contributed by atoms with Crippen molar-refractivity contribution in [2.75, 3.05) is 5.32 Å². The molecule has 0 aromatic heterocycles. The number of anilines is 1. The Labute approximate surface area is 117 Å². The number of nitrogens with zero attached hydrogens (tertiary/aromatic N) is 1. The van der Waals surface area contributed by atoms with Gasteiger partial charge in [0, 0.05) is 17.8 Å². The first kappa shape index (κ1) is 13.6. The molecular formula is C16H14N2O2. The van der Waals surface area contributed by atoms with Crippen LogP contribution < -0.4 is 5.32 Å². The molecule has 0 fully saturated rings. The molecule has 2 rings (SSSR count). The van der Waals surface area contributed by atoms with Crippen LogP contribution in [0.15, 0.2) is 42.5 Å². The maximum atomic E-state index is 11.6. The van der Waals surface area contributed by atoms with Crippen LogP contribution in [-0.2, 0) is 6.54 Å². The van der Waals surface area contributed by atoms with Crippen LogP contribution in [0.25, 0.3) is 0 Å². The average Bonchev–Trinajstić information content (AvgIpc) is 2.44. The first-order valence-electron chi connectivity index (χ1n) is 6.17. The first-order chi connectivity index (χ1) is 9.60. The van der Waals surface area contributed by atoms with Crippen molar-refractivity contribution in [3.8, 4) is 11.8 Å². The highest BCUT2D eigenvalue weighted by Crippen LogP contribution is 2.20. The van der Waals surface area contributed by atoms with Crippen LogP contribution in [0.2, 0.25) is 0 Å². The largest absolute Gasteiger partial charge is 0.508 e. The van der Waals surface area contributed by atoms with Gasteiger partial charge < -0.3 is 10.4 Å². The molecule has 0 spiro atoms. The normalized spacial score (nSPS) is 9.80. The highest BCUT2D eigenvalue weighted by molar-refractivity contribution is 5.99. The van der Waals surface area contributed by atoms with E-state index in [1.165, 1.54) is 6.92 Å². The summed E-state index contributed by atoms with van der Waals surface area (Å²) in [5, 5.41) is 21.5. The Morgan fingerprint density at radius 1 is 1.30 bits per heavy atom. The van der Waals surface area contributed by atoms with Crippen LogP contribution in [0.3, 0.4) is 0 Å². The molecule has 0 saturated carbocycles. The zero-order valence-electron chi connectivity index (χ0n) is 11.1. The number of ketones is 1. The molecule has 0 saturated heterocycles. The molecule has 2 N–H and O–H groups in total. The molecule has 0 heterocycles. The van der Waals surface area contributed by atoms with E-state index in [2.05, 4.69) is 5.32 Å². The minimum Gasteiger partial charge on any atom is -0.508 e. The van der Waals surface area contributed by atoms with Gasteiger partial charge in [-0.2, -0.15) is 5.26 Å². The van der Waals surface area contributed by atoms with Crippen LogP contribution in [0, 0.1) is 11.3 Å². The maximum absolute atomic E-state index is 11.6. The van der Waals surface area contributed by atoms with E-state index in [0.717, 1.165) is 5.56 Å². The summed E-state index contributed by atoms with van der Waals surface area (Å²) in [7, 11) is 0. The highest BCUT2D eigenvalue weighted by atomic mass is 16.3. The van der Waals surface area contributed by atoms with Crippen LogP contribution in [0.1, 0.15) is 28.4 Å². The molecule has 4 heteroatoms. The summed E-state index contributed by atoms with van der Waals surface area (Å²) in [5.74, 6) is 0.134. The standard InChI is InChI=1S/C16H14N2O2/c1-11(19)15-6-5-12(9-17)8-16(15)18-10-13-3-2-4-14(20)7-13/h2-8,18,20H,10H2,1H3. The molecule has 100 valence electrons. The maximum Gasteiger partial charge on any atom is 0.161 e. The van der Waals surface area contributed by atoms with Gasteiger partial charge in [-0.1, -0.05) is 12.1 Å². The summed E-state index contributed by atoms with van der Waals surface area (Å²) in [6.45, 7) is 1.95. The Balaban J connectivity index is 2.24. The lowest BCUT2D eigenvalue weighted by molar-refractivity contribution is 0.101. The van der Waals surface area contributed by atoms with E-state index in [9.17, 15) is 9.90 Å². The topological polar surface area (TPSA) is 73.1 Å². The van der Waals surface area contributed by atoms with E-state index in [4.69, 9.17) is 5.26 Å². The van der Waals surface area contributed by atoms with Gasteiger partial charge in [0.2, 0.25) is 0 Å². The zero-order chi connectivity index (χ0) is 14.5. The Bertz CT molecular complexity index is 687. The van der Waals surface area contributed by atoms with E-state index in [-0.39, 0.29) is 11.5 Å². The summed E-state index contributed by atoms with van der Waals surface area (Å²) in [4.78, 5) is 11.6. The zero-order valence-corrected chi connectivity index (χ0v) is 11.1. The molecule has 0 atom stereocenters. The number of phenols is 1. The van der Waals surface area contributed by atoms with Gasteiger partial charge in [0.25, 0.3) is 0 Å². The number of nitriles is 1. The van der Waals surface area contributed by atoms with Gasteiger partial charge in [0.1, 0.15) is 5.75 Å². The van der Waals surface area contributed by atoms with Gasteiger partial charge in [-0.3, -0.25) is 4.79 Å². The smallest absolute Gasteiger partial charge is 0.161 e. The van der Waals surface area contributed by atoms with Crippen molar-refractivity contribution >= 4 is 11.5 Å². The van der Waals surface area contributed by atoms with Crippen molar-refractivity contribution in [1.29, 1.82) is 5.26 Å². The van der Waals surface area contributed by atoms with Gasteiger partial charge in [-0.15, -0.1) is 0 Å². The van der Waals surface area contributed by atoms with E-state index in [1.807, 2.05) is 12.1 Å². The van der Waals surface area contributed by atoms with Crippen molar-refractivity contribution in [1.82, 2.24) is 0 Å². The Morgan fingerprint density at radius 3 is 2.75 bits per heavy atom. The molecule has 0 radical (unpaired) electrons. The molecular weight excluding hydrogens is 252 g/mol. The molecule has 0 aliphatic rings. The third kappa shape index (κ3) is 3.15. The fourth-order valence-electron chi connectivity index (χ4n) is 1.93. The van der Waals surface area contributed by atoms with Crippen LogP contribution >= 0.6 is 0 Å². The number of carbonyl (C=O) groups excluding carboxylic acids is 1. The summed E-state index contributed by atoms with van der Waals surface area (Å²) in [6.07, 6.45) is 0. The van der Waals surface area contributed by atoms with Gasteiger partial charge in [-0.05, 0) is 42.8 Å². The van der Waals surface area contributed by atoms with Gasteiger partial charge in [0.15, 0.2) is 5.78 Å². The van der Waals surface area contributed by atoms with E-state index >= 15 is 0 Å². The summed E-state index contributed by atoms with van der Waals surface area (Å²) in [5.41, 5.74) is 2.55. The number of phenolic OH excluding ortho intramolecular Hbond substituents is 1. The van der Waals surface area contributed by atoms with E-state index < -0.39 is 0 Å². The fourth-order valence-corrected chi connectivity index (χ4v) is 1.93. The van der Waals surface area contributed by atoms with Gasteiger partial charge >= 0.3 is 0 Å². The van der Waals surface area contributed by atoms with Crippen LogP contribution in [0.4, 0.5) is 5.69 Å². The van der Waals surface area contributed by atoms with Crippen LogP contribution in [0.5, 0.6) is 5.75 Å². The number of benzene rings is 2. The highest BCUT2D eigenvalue weighted by Gasteiger charge is 2.08. The van der Waals surface area contributed by atoms with Crippen molar-refractivity contribution in [3.05, 3.63) is 59.2 Å². The second kappa shape index (κ2) is 5.89. The molecule has 0 amide bonds. The third-order valence-electron chi connectivity index (χ3n) is 2.92. The van der Waals surface area contributed by atoms with Crippen molar-refractivity contribution in [3.63, 3.8) is 0 Å². The number of hydrogen-bond donors (Lipinski definition) is 2. The third-order valence-corrected chi connectivity index (χ3v) is 2.92. The number of hydrogen-bond acceptors (Lipinski definition) is 4. The minimum absolute atomic E-state index is 0.0621. The Hall–Kier alpha value is -2.80. The summed E-state index contributed by atoms with van der Waals surface area (Å²) < 4.78 is 0. The average molecular weight is 266 g/mol. The molecule has 0 bridgehead atoms. The molecule has 0 aliphatic carbocycles. The van der Waals surface area contributed by atoms with Crippen LogP contribution in [-0.4, -0.2) is 10.9 Å². The summed E-state index contributed by atoms with van der Waals surface area (Å²) in [6, 6.07) is 13.8. The molecule has 2 aromatic carbocycles. The SMILES string of the molecule is CC(=O)c1ccc(C#N)cc1NCc1cccc(O)c1. The van der Waals surface area contributed by atoms with Gasteiger partial charge in [-0.25, -0.2) is 0 Å². The summed E-state index contributed by atoms with van der Waals surface area (Å²) >= 11 is 0. The molecule has 20 heavy (non-hydrogen) atoms. The number of Topliss-reactive ketones (excluding diaryl/α,β-unsaturated/α-hetero) is 1. The number of carbonyl (C=O) groups is 1. The number of aromatic hydroxyl groups is 1. The monoisotopic (exact) mass is 266 g/mol. The lowest BCUT2D eigenvalue weighted by Crippen LogP contribution is -2.05. The molecule has 0 aliphatic heterocycles. The number of rotatable bonds is 4. The van der Waals surface area contributed by atoms with Gasteiger partial charge in [0.05, 0.1) is 11.6 Å². The van der Waals surface area contributed by atoms with E-state index in [0.29, 0.717) is 23.4 Å². The molecule has 0 unspecified atom stereocenters. The second-order valence-corrected chi connectivity index (χ2v) is 4.45. The minimum atomic E-state index is -0.0621. The molecule has 4 nitrogen and oxygen atoms in total. The molecule has 2 aromatic rings. The lowest BCUT2D eigenvalue weighted by Gasteiger charge is -2.11. The Morgan fingerprint density at radius 2 is 2.10 bits per heavy atom. The van der Waals surface area contributed by atoms with E-state index in [1.54, 1.807) is 36.4 Å². The quantitative estimate of drug-likeness (QED) is 0.834. The van der Waals surface area contributed by atoms with Crippen molar-refractivity contribution in [2.45, 2.75) is 13.5 Å².